The Morgan fingerprint density at radius 1 is 1.03 bits per heavy atom. The third-order valence-corrected chi connectivity index (χ3v) is 5.22. The van der Waals surface area contributed by atoms with Gasteiger partial charge in [-0.25, -0.2) is 0 Å². The van der Waals surface area contributed by atoms with Crippen LogP contribution in [0.15, 0.2) is 71.3 Å². The molecule has 0 aliphatic heterocycles. The summed E-state index contributed by atoms with van der Waals surface area (Å²) in [6, 6.07) is 22.2. The molecule has 5 nitrogen and oxygen atoms in total. The number of amides is 1. The largest absolute Gasteiger partial charge is 0.337 e. The fraction of sp³-hybridized carbons (Fsp3) is 0.240. The minimum absolute atomic E-state index is 0.0156. The van der Waals surface area contributed by atoms with Gasteiger partial charge in [0.05, 0.1) is 6.42 Å². The molecule has 0 saturated carbocycles. The number of carbonyl (C=O) groups excluding carboxylic acids is 1. The highest BCUT2D eigenvalue weighted by Crippen LogP contribution is 2.21. The molecular formula is C25H25N3O2. The Bertz CT molecular complexity index is 1170. The maximum Gasteiger partial charge on any atom is 0.246 e. The number of hydrogen-bond acceptors (Lipinski definition) is 4. The van der Waals surface area contributed by atoms with Gasteiger partial charge in [0, 0.05) is 11.6 Å². The van der Waals surface area contributed by atoms with Gasteiger partial charge in [0.1, 0.15) is 6.54 Å². The van der Waals surface area contributed by atoms with E-state index in [9.17, 15) is 4.79 Å². The molecule has 1 heterocycles. The van der Waals surface area contributed by atoms with E-state index in [0.29, 0.717) is 24.7 Å². The zero-order valence-electron chi connectivity index (χ0n) is 17.5. The fourth-order valence-corrected chi connectivity index (χ4v) is 3.64. The highest BCUT2D eigenvalue weighted by Gasteiger charge is 2.21. The van der Waals surface area contributed by atoms with Crippen molar-refractivity contribution in [2.75, 3.05) is 0 Å². The first kappa shape index (κ1) is 19.8. The third-order valence-electron chi connectivity index (χ3n) is 5.22. The van der Waals surface area contributed by atoms with Crippen molar-refractivity contribution < 1.29 is 9.32 Å². The number of carbonyl (C=O) groups is 1. The molecule has 0 bridgehead atoms. The number of aromatic nitrogens is 2. The summed E-state index contributed by atoms with van der Waals surface area (Å²) in [7, 11) is 0. The van der Waals surface area contributed by atoms with Gasteiger partial charge in [-0.1, -0.05) is 71.4 Å². The van der Waals surface area contributed by atoms with Crippen molar-refractivity contribution in [3.8, 4) is 11.4 Å². The molecule has 0 spiro atoms. The number of hydrogen-bond donors (Lipinski definition) is 0. The number of fused-ring (bicyclic) bond motifs is 1. The summed E-state index contributed by atoms with van der Waals surface area (Å²) in [5.74, 6) is 1.02. The Balaban J connectivity index is 1.53. The molecule has 5 heteroatoms. The van der Waals surface area contributed by atoms with Crippen LogP contribution in [0.25, 0.3) is 22.2 Å². The Labute approximate surface area is 176 Å². The van der Waals surface area contributed by atoms with E-state index in [4.69, 9.17) is 4.52 Å². The topological polar surface area (TPSA) is 59.2 Å². The third kappa shape index (κ3) is 4.25. The van der Waals surface area contributed by atoms with Gasteiger partial charge in [-0.2, -0.15) is 4.98 Å². The minimum atomic E-state index is 0.0156. The summed E-state index contributed by atoms with van der Waals surface area (Å²) >= 11 is 0. The Hall–Kier alpha value is -3.47. The van der Waals surface area contributed by atoms with Gasteiger partial charge in [0.25, 0.3) is 0 Å². The Morgan fingerprint density at radius 2 is 1.80 bits per heavy atom. The van der Waals surface area contributed by atoms with Crippen molar-refractivity contribution in [3.05, 3.63) is 83.7 Å². The van der Waals surface area contributed by atoms with Crippen molar-refractivity contribution in [1.82, 2.24) is 15.0 Å². The lowest BCUT2D eigenvalue weighted by molar-refractivity contribution is -0.133. The van der Waals surface area contributed by atoms with Gasteiger partial charge in [0.2, 0.25) is 17.6 Å². The maximum atomic E-state index is 13.2. The first-order valence-electron chi connectivity index (χ1n) is 10.2. The number of rotatable bonds is 6. The van der Waals surface area contributed by atoms with Crippen LogP contribution in [0.2, 0.25) is 0 Å². The Morgan fingerprint density at radius 3 is 2.60 bits per heavy atom. The average molecular weight is 399 g/mol. The minimum Gasteiger partial charge on any atom is -0.337 e. The van der Waals surface area contributed by atoms with Crippen LogP contribution >= 0.6 is 0 Å². The smallest absolute Gasteiger partial charge is 0.246 e. The molecule has 4 aromatic rings. The molecule has 0 atom stereocenters. The second-order valence-corrected chi connectivity index (χ2v) is 7.81. The molecule has 0 aliphatic carbocycles. The highest BCUT2D eigenvalue weighted by atomic mass is 16.5. The van der Waals surface area contributed by atoms with Crippen LogP contribution < -0.4 is 0 Å². The normalized spacial score (nSPS) is 11.2. The summed E-state index contributed by atoms with van der Waals surface area (Å²) in [5.41, 5.74) is 3.06. The van der Waals surface area contributed by atoms with Crippen LogP contribution in [0, 0.1) is 6.92 Å². The number of aryl methyl sites for hydroxylation is 1. The Kier molecular flexibility index (Phi) is 5.61. The van der Waals surface area contributed by atoms with E-state index in [0.717, 1.165) is 27.5 Å². The van der Waals surface area contributed by atoms with Gasteiger partial charge in [-0.3, -0.25) is 4.79 Å². The molecule has 0 fully saturated rings. The van der Waals surface area contributed by atoms with Gasteiger partial charge >= 0.3 is 0 Å². The number of nitrogens with zero attached hydrogens (tertiary/aromatic N) is 3. The molecular weight excluding hydrogens is 374 g/mol. The summed E-state index contributed by atoms with van der Waals surface area (Å²) in [6.45, 7) is 6.31. The lowest BCUT2D eigenvalue weighted by Crippen LogP contribution is -2.37. The average Bonchev–Trinajstić information content (AvgIpc) is 3.21. The van der Waals surface area contributed by atoms with Crippen molar-refractivity contribution in [1.29, 1.82) is 0 Å². The SMILES string of the molecule is Cc1cccc(-c2noc(CN(C(=O)Cc3cccc4ccccc34)C(C)C)n2)c1. The van der Waals surface area contributed by atoms with Crippen LogP contribution in [0.1, 0.15) is 30.9 Å². The number of benzene rings is 3. The van der Waals surface area contributed by atoms with E-state index in [2.05, 4.69) is 28.3 Å². The van der Waals surface area contributed by atoms with Gasteiger partial charge in [-0.15, -0.1) is 0 Å². The van der Waals surface area contributed by atoms with Crippen LogP contribution in [0.5, 0.6) is 0 Å². The molecule has 0 N–H and O–H groups in total. The molecule has 0 aliphatic rings. The standard InChI is InChI=1S/C25H25N3O2/c1-17(2)28(16-23-26-25(27-30-23)21-12-6-8-18(3)14-21)24(29)15-20-11-7-10-19-9-4-5-13-22(19)20/h4-14,17H,15-16H2,1-3H3. The van der Waals surface area contributed by atoms with Crippen LogP contribution in [0.4, 0.5) is 0 Å². The van der Waals surface area contributed by atoms with Crippen LogP contribution in [-0.2, 0) is 17.8 Å². The van der Waals surface area contributed by atoms with Crippen molar-refractivity contribution in [2.24, 2.45) is 0 Å². The quantitative estimate of drug-likeness (QED) is 0.448. The first-order chi connectivity index (χ1) is 14.5. The molecule has 0 unspecified atom stereocenters. The zero-order valence-corrected chi connectivity index (χ0v) is 17.5. The zero-order chi connectivity index (χ0) is 21.1. The molecule has 1 amide bonds. The lowest BCUT2D eigenvalue weighted by Gasteiger charge is -2.25. The molecule has 4 rings (SSSR count). The second-order valence-electron chi connectivity index (χ2n) is 7.81. The summed E-state index contributed by atoms with van der Waals surface area (Å²) in [5, 5.41) is 6.35. The van der Waals surface area contributed by atoms with E-state index in [1.165, 1.54) is 0 Å². The van der Waals surface area contributed by atoms with E-state index in [-0.39, 0.29) is 11.9 Å². The maximum absolute atomic E-state index is 13.2. The predicted octanol–water partition coefficient (Wildman–Crippen LogP) is 5.18. The monoisotopic (exact) mass is 399 g/mol. The van der Waals surface area contributed by atoms with Gasteiger partial charge in [0.15, 0.2) is 0 Å². The molecule has 3 aromatic carbocycles. The van der Waals surface area contributed by atoms with Gasteiger partial charge in [-0.05, 0) is 43.2 Å². The van der Waals surface area contributed by atoms with Crippen LogP contribution in [0.3, 0.4) is 0 Å². The van der Waals surface area contributed by atoms with E-state index >= 15 is 0 Å². The first-order valence-corrected chi connectivity index (χ1v) is 10.2. The van der Waals surface area contributed by atoms with E-state index in [1.54, 1.807) is 4.90 Å². The van der Waals surface area contributed by atoms with Crippen LogP contribution in [-0.4, -0.2) is 27.0 Å². The highest BCUT2D eigenvalue weighted by molar-refractivity contribution is 5.90. The van der Waals surface area contributed by atoms with E-state index < -0.39 is 0 Å². The summed E-state index contributed by atoms with van der Waals surface area (Å²) in [6.07, 6.45) is 0.332. The van der Waals surface area contributed by atoms with Crippen molar-refractivity contribution >= 4 is 16.7 Å². The second kappa shape index (κ2) is 8.49. The van der Waals surface area contributed by atoms with Gasteiger partial charge < -0.3 is 9.42 Å². The molecule has 0 saturated heterocycles. The molecule has 152 valence electrons. The molecule has 0 radical (unpaired) electrons. The fourth-order valence-electron chi connectivity index (χ4n) is 3.64. The molecule has 30 heavy (non-hydrogen) atoms. The predicted molar refractivity (Wildman–Crippen MR) is 118 cm³/mol. The van der Waals surface area contributed by atoms with E-state index in [1.807, 2.05) is 69.3 Å². The van der Waals surface area contributed by atoms with Crippen molar-refractivity contribution in [2.45, 2.75) is 39.8 Å². The summed E-state index contributed by atoms with van der Waals surface area (Å²) < 4.78 is 5.46. The summed E-state index contributed by atoms with van der Waals surface area (Å²) in [4.78, 5) is 19.5. The molecule has 1 aromatic heterocycles. The lowest BCUT2D eigenvalue weighted by atomic mass is 10.0. The van der Waals surface area contributed by atoms with Crippen molar-refractivity contribution in [3.63, 3.8) is 0 Å².